The third-order valence-electron chi connectivity index (χ3n) is 2.41. The van der Waals surface area contributed by atoms with Gasteiger partial charge in [0.2, 0.25) is 0 Å². The second-order valence-electron chi connectivity index (χ2n) is 3.41. The molecule has 106 valence electrons. The summed E-state index contributed by atoms with van der Waals surface area (Å²) in [5.41, 5.74) is 3.52. The number of methoxy groups -OCH3 is 1. The summed E-state index contributed by atoms with van der Waals surface area (Å²) < 4.78 is 5.22. The smallest absolute Gasteiger partial charge is 0.119 e. The Morgan fingerprint density at radius 3 is 2.26 bits per heavy atom. The van der Waals surface area contributed by atoms with E-state index in [1.165, 1.54) is 11.1 Å². The van der Waals surface area contributed by atoms with Crippen molar-refractivity contribution in [2.75, 3.05) is 7.11 Å². The first-order valence-corrected chi connectivity index (χ1v) is 6.71. The molecule has 19 heavy (non-hydrogen) atoms. The van der Waals surface area contributed by atoms with E-state index in [9.17, 15) is 0 Å². The molecule has 0 spiro atoms. The third-order valence-corrected chi connectivity index (χ3v) is 2.41. The summed E-state index contributed by atoms with van der Waals surface area (Å²) in [5.74, 6) is 0.882. The SMILES string of the molecule is C=C.C=C(CC)c1cc(OC)ccc1/C=C/C.CC. The average molecular weight is 260 g/mol. The Hall–Kier alpha value is -1.76. The predicted octanol–water partition coefficient (Wildman–Crippen LogP) is 5.98. The number of benzene rings is 1. The molecule has 1 aromatic rings. The number of hydrogen-bond donors (Lipinski definition) is 0. The minimum atomic E-state index is 0.882. The van der Waals surface area contributed by atoms with Gasteiger partial charge < -0.3 is 4.74 Å². The first kappa shape index (κ1) is 19.6. The molecule has 1 aromatic carbocycles. The molecule has 0 aliphatic rings. The summed E-state index contributed by atoms with van der Waals surface area (Å²) in [6.07, 6.45) is 5.08. The quantitative estimate of drug-likeness (QED) is 0.605. The normalized spacial score (nSPS) is 8.89. The number of allylic oxidation sites excluding steroid dienone is 2. The maximum absolute atomic E-state index is 5.22. The van der Waals surface area contributed by atoms with E-state index in [-0.39, 0.29) is 0 Å². The molecule has 1 rings (SSSR count). The zero-order valence-electron chi connectivity index (χ0n) is 13.1. The van der Waals surface area contributed by atoms with Gasteiger partial charge in [0.05, 0.1) is 7.11 Å². The minimum Gasteiger partial charge on any atom is -0.497 e. The van der Waals surface area contributed by atoms with E-state index in [4.69, 9.17) is 4.74 Å². The van der Waals surface area contributed by atoms with E-state index in [0.29, 0.717) is 0 Å². The molecule has 0 radical (unpaired) electrons. The van der Waals surface area contributed by atoms with Crippen molar-refractivity contribution >= 4 is 11.6 Å². The summed E-state index contributed by atoms with van der Waals surface area (Å²) in [7, 11) is 1.68. The second kappa shape index (κ2) is 12.7. The van der Waals surface area contributed by atoms with Crippen LogP contribution in [0.2, 0.25) is 0 Å². The van der Waals surface area contributed by atoms with Crippen LogP contribution in [0, 0.1) is 0 Å². The largest absolute Gasteiger partial charge is 0.497 e. The lowest BCUT2D eigenvalue weighted by atomic mass is 9.98. The molecule has 0 aliphatic heterocycles. The fraction of sp³-hybridized carbons (Fsp3) is 0.333. The van der Waals surface area contributed by atoms with E-state index in [0.717, 1.165) is 17.7 Å². The molecule has 0 N–H and O–H groups in total. The molecule has 0 saturated heterocycles. The van der Waals surface area contributed by atoms with Crippen LogP contribution in [0.5, 0.6) is 5.75 Å². The van der Waals surface area contributed by atoms with Crippen molar-refractivity contribution in [2.24, 2.45) is 0 Å². The van der Waals surface area contributed by atoms with Crippen LogP contribution in [-0.2, 0) is 0 Å². The van der Waals surface area contributed by atoms with Crippen molar-refractivity contribution in [3.05, 3.63) is 55.1 Å². The molecule has 0 aliphatic carbocycles. The van der Waals surface area contributed by atoms with E-state index >= 15 is 0 Å². The van der Waals surface area contributed by atoms with Crippen LogP contribution in [-0.4, -0.2) is 7.11 Å². The second-order valence-corrected chi connectivity index (χ2v) is 3.41. The Morgan fingerprint density at radius 2 is 1.84 bits per heavy atom. The van der Waals surface area contributed by atoms with E-state index in [1.807, 2.05) is 39.0 Å². The molecule has 0 unspecified atom stereocenters. The maximum Gasteiger partial charge on any atom is 0.119 e. The van der Waals surface area contributed by atoms with Gasteiger partial charge in [-0.05, 0) is 42.2 Å². The molecule has 0 bridgehead atoms. The van der Waals surface area contributed by atoms with Crippen LogP contribution in [0.1, 0.15) is 45.2 Å². The predicted molar refractivity (Wildman–Crippen MR) is 89.6 cm³/mol. The molecule has 1 nitrogen and oxygen atoms in total. The van der Waals surface area contributed by atoms with Crippen molar-refractivity contribution in [1.82, 2.24) is 0 Å². The van der Waals surface area contributed by atoms with Crippen molar-refractivity contribution in [1.29, 1.82) is 0 Å². The lowest BCUT2D eigenvalue weighted by Gasteiger charge is -2.10. The van der Waals surface area contributed by atoms with Gasteiger partial charge in [0, 0.05) is 0 Å². The highest BCUT2D eigenvalue weighted by Gasteiger charge is 2.04. The minimum absolute atomic E-state index is 0.882. The average Bonchev–Trinajstić information content (AvgIpc) is 2.51. The van der Waals surface area contributed by atoms with Crippen molar-refractivity contribution in [3.8, 4) is 5.75 Å². The van der Waals surface area contributed by atoms with Crippen LogP contribution >= 0.6 is 0 Å². The van der Waals surface area contributed by atoms with Crippen LogP contribution in [0.15, 0.2) is 44.0 Å². The summed E-state index contributed by atoms with van der Waals surface area (Å²) in [6, 6.07) is 6.08. The zero-order valence-corrected chi connectivity index (χ0v) is 13.1. The third kappa shape index (κ3) is 6.66. The molecular weight excluding hydrogens is 232 g/mol. The highest BCUT2D eigenvalue weighted by Crippen LogP contribution is 2.26. The number of hydrogen-bond acceptors (Lipinski definition) is 1. The Bertz CT molecular complexity index is 389. The van der Waals surface area contributed by atoms with Gasteiger partial charge >= 0.3 is 0 Å². The fourth-order valence-electron chi connectivity index (χ4n) is 1.48. The molecular formula is C18H28O. The molecule has 0 heterocycles. The van der Waals surface area contributed by atoms with Crippen LogP contribution in [0.25, 0.3) is 11.6 Å². The Morgan fingerprint density at radius 1 is 1.26 bits per heavy atom. The summed E-state index contributed by atoms with van der Waals surface area (Å²) in [4.78, 5) is 0. The standard InChI is InChI=1S/C14H18O.C2H6.C2H4/c1-5-7-12-8-9-13(15-4)10-14(12)11(3)6-2;2*1-2/h5,7-10H,3,6H2,1-2,4H3;1-2H3;1-2H2/b7-5+;;. The van der Waals surface area contributed by atoms with Gasteiger partial charge in [0.1, 0.15) is 5.75 Å². The first-order valence-electron chi connectivity index (χ1n) is 6.71. The zero-order chi connectivity index (χ0) is 15.3. The van der Waals surface area contributed by atoms with Gasteiger partial charge in [0.25, 0.3) is 0 Å². The van der Waals surface area contributed by atoms with Crippen LogP contribution in [0.4, 0.5) is 0 Å². The fourth-order valence-corrected chi connectivity index (χ4v) is 1.48. The Kier molecular flexibility index (Phi) is 13.1. The van der Waals surface area contributed by atoms with Gasteiger partial charge in [-0.1, -0.05) is 45.6 Å². The van der Waals surface area contributed by atoms with E-state index < -0.39 is 0 Å². The highest BCUT2D eigenvalue weighted by atomic mass is 16.5. The van der Waals surface area contributed by atoms with E-state index in [1.54, 1.807) is 7.11 Å². The summed E-state index contributed by atoms with van der Waals surface area (Å²) in [5, 5.41) is 0. The van der Waals surface area contributed by atoms with Crippen LogP contribution < -0.4 is 4.74 Å². The van der Waals surface area contributed by atoms with Crippen LogP contribution in [0.3, 0.4) is 0 Å². The molecule has 0 amide bonds. The Labute approximate surface area is 119 Å². The van der Waals surface area contributed by atoms with Crippen molar-refractivity contribution in [3.63, 3.8) is 0 Å². The molecule has 1 heteroatoms. The van der Waals surface area contributed by atoms with Gasteiger partial charge in [-0.2, -0.15) is 0 Å². The topological polar surface area (TPSA) is 9.23 Å². The number of ether oxygens (including phenoxy) is 1. The highest BCUT2D eigenvalue weighted by molar-refractivity contribution is 5.74. The molecule has 0 saturated carbocycles. The molecule has 0 atom stereocenters. The van der Waals surface area contributed by atoms with Gasteiger partial charge in [-0.15, -0.1) is 13.2 Å². The lowest BCUT2D eigenvalue weighted by molar-refractivity contribution is 0.414. The maximum atomic E-state index is 5.22. The van der Waals surface area contributed by atoms with Gasteiger partial charge in [-0.25, -0.2) is 0 Å². The first-order chi connectivity index (χ1) is 9.22. The lowest BCUT2D eigenvalue weighted by Crippen LogP contribution is -1.90. The number of rotatable bonds is 4. The van der Waals surface area contributed by atoms with Gasteiger partial charge in [0.15, 0.2) is 0 Å². The van der Waals surface area contributed by atoms with Gasteiger partial charge in [-0.3, -0.25) is 0 Å². The summed E-state index contributed by atoms with van der Waals surface area (Å²) in [6.45, 7) is 18.2. The van der Waals surface area contributed by atoms with Crippen molar-refractivity contribution in [2.45, 2.75) is 34.1 Å². The molecule has 0 aromatic heterocycles. The Balaban J connectivity index is 0. The van der Waals surface area contributed by atoms with E-state index in [2.05, 4.69) is 38.8 Å². The van der Waals surface area contributed by atoms with Crippen molar-refractivity contribution < 1.29 is 4.74 Å². The molecule has 0 fully saturated rings. The summed E-state index contributed by atoms with van der Waals surface area (Å²) >= 11 is 0. The monoisotopic (exact) mass is 260 g/mol.